The van der Waals surface area contributed by atoms with Gasteiger partial charge in [-0.25, -0.2) is 9.59 Å². The SMILES string of the molecule is COC(=O)[C@@H](Cc1ccc(-c2ccc(C#N)cc2)cc1)NC(=O)C1Cc2cc3c(cc2CN1C(=O)OC(C)(C)C)OC(c1ccc(OCc2ccc(Cl)c(Cl)c2)cc1)CO3. The number of benzene rings is 5. The van der Waals surface area contributed by atoms with E-state index in [9.17, 15) is 14.4 Å². The average Bonchev–Trinajstić information content (AvgIpc) is 3.24. The highest BCUT2D eigenvalue weighted by atomic mass is 35.5. The molecule has 1 N–H and O–H groups in total. The van der Waals surface area contributed by atoms with Crippen LogP contribution in [0.1, 0.15) is 60.3 Å². The van der Waals surface area contributed by atoms with Gasteiger partial charge in [-0.15, -0.1) is 0 Å². The number of hydrogen-bond donors (Lipinski definition) is 1. The summed E-state index contributed by atoms with van der Waals surface area (Å²) >= 11 is 12.2. The van der Waals surface area contributed by atoms with E-state index in [1.165, 1.54) is 12.0 Å². The van der Waals surface area contributed by atoms with Gasteiger partial charge in [0.2, 0.25) is 5.91 Å². The minimum absolute atomic E-state index is 0.0498. The van der Waals surface area contributed by atoms with Gasteiger partial charge in [0.05, 0.1) is 35.3 Å². The van der Waals surface area contributed by atoms with Crippen molar-refractivity contribution < 1.29 is 38.1 Å². The Morgan fingerprint density at radius 2 is 1.53 bits per heavy atom. The van der Waals surface area contributed by atoms with Crippen LogP contribution in [-0.2, 0) is 45.1 Å². The molecule has 60 heavy (non-hydrogen) atoms. The van der Waals surface area contributed by atoms with Crippen LogP contribution in [0.15, 0.2) is 103 Å². The summed E-state index contributed by atoms with van der Waals surface area (Å²) < 4.78 is 29.5. The number of methoxy groups -OCH3 is 1. The highest BCUT2D eigenvalue weighted by molar-refractivity contribution is 6.42. The van der Waals surface area contributed by atoms with Gasteiger partial charge >= 0.3 is 12.1 Å². The van der Waals surface area contributed by atoms with Crippen molar-refractivity contribution >= 4 is 41.2 Å². The number of hydrogen-bond acceptors (Lipinski definition) is 9. The third kappa shape index (κ3) is 9.96. The summed E-state index contributed by atoms with van der Waals surface area (Å²) in [6, 6.07) is 31.5. The largest absolute Gasteiger partial charge is 0.489 e. The van der Waals surface area contributed by atoms with Crippen molar-refractivity contribution in [3.63, 3.8) is 0 Å². The molecule has 0 radical (unpaired) electrons. The van der Waals surface area contributed by atoms with E-state index in [1.807, 2.05) is 78.9 Å². The maximum absolute atomic E-state index is 14.2. The molecule has 5 aromatic carbocycles. The minimum Gasteiger partial charge on any atom is -0.489 e. The Hall–Kier alpha value is -6.22. The van der Waals surface area contributed by atoms with E-state index in [0.717, 1.165) is 38.9 Å². The fraction of sp³-hybridized carbons (Fsp3) is 0.277. The summed E-state index contributed by atoms with van der Waals surface area (Å²) in [5.41, 5.74) is 5.73. The second-order valence-electron chi connectivity index (χ2n) is 15.6. The molecule has 5 aromatic rings. The number of ether oxygens (including phenoxy) is 5. The third-order valence-corrected chi connectivity index (χ3v) is 10.9. The molecule has 0 saturated carbocycles. The normalized spacial score (nSPS) is 16.1. The van der Waals surface area contributed by atoms with E-state index in [2.05, 4.69) is 11.4 Å². The molecule has 13 heteroatoms. The molecule has 2 heterocycles. The molecular weight excluding hydrogens is 805 g/mol. The van der Waals surface area contributed by atoms with Crippen molar-refractivity contribution in [3.05, 3.63) is 147 Å². The Morgan fingerprint density at radius 3 is 2.18 bits per heavy atom. The Morgan fingerprint density at radius 1 is 0.867 bits per heavy atom. The van der Waals surface area contributed by atoms with E-state index in [0.29, 0.717) is 39.5 Å². The predicted octanol–water partition coefficient (Wildman–Crippen LogP) is 9.19. The number of nitrogens with zero attached hydrogens (tertiary/aromatic N) is 2. The number of esters is 1. The number of nitrogens with one attached hydrogen (secondary N) is 1. The highest BCUT2D eigenvalue weighted by Gasteiger charge is 2.40. The van der Waals surface area contributed by atoms with Gasteiger partial charge in [-0.2, -0.15) is 5.26 Å². The van der Waals surface area contributed by atoms with Crippen molar-refractivity contribution in [2.45, 2.75) is 70.6 Å². The lowest BCUT2D eigenvalue weighted by Crippen LogP contribution is -2.56. The maximum Gasteiger partial charge on any atom is 0.411 e. The van der Waals surface area contributed by atoms with Gasteiger partial charge < -0.3 is 29.0 Å². The summed E-state index contributed by atoms with van der Waals surface area (Å²) in [5.74, 6) is 0.542. The summed E-state index contributed by atoms with van der Waals surface area (Å²) in [5, 5.41) is 12.9. The van der Waals surface area contributed by atoms with Crippen molar-refractivity contribution in [2.75, 3.05) is 13.7 Å². The standard InChI is InChI=1S/C47H43Cl2N3O8/c1-47(2,3)60-46(55)52-25-35-23-42-41(58-27-43(59-42)33-14-16-36(17-15-33)57-26-30-9-18-37(48)38(49)19-30)22-34(35)21-40(52)44(53)51-39(45(54)56-4)20-28-5-10-31(11-6-28)32-12-7-29(24-50)8-13-32/h5-19,22-23,39-40,43H,20-21,25-27H2,1-4H3,(H,51,53)/t39-,40?,43?/m1/s1. The molecule has 308 valence electrons. The molecule has 0 saturated heterocycles. The molecule has 2 aliphatic rings. The van der Waals surface area contributed by atoms with Crippen LogP contribution < -0.4 is 19.5 Å². The molecule has 3 atom stereocenters. The molecule has 0 aromatic heterocycles. The van der Waals surface area contributed by atoms with Crippen LogP contribution in [0.5, 0.6) is 17.2 Å². The number of carbonyl (C=O) groups is 3. The number of halogens is 2. The van der Waals surface area contributed by atoms with Crippen molar-refractivity contribution in [3.8, 4) is 34.4 Å². The monoisotopic (exact) mass is 847 g/mol. The first-order chi connectivity index (χ1) is 28.8. The van der Waals surface area contributed by atoms with Crippen LogP contribution in [0.2, 0.25) is 10.0 Å². The van der Waals surface area contributed by atoms with E-state index in [4.69, 9.17) is 52.1 Å². The third-order valence-electron chi connectivity index (χ3n) is 10.2. The number of nitriles is 1. The molecule has 0 bridgehead atoms. The van der Waals surface area contributed by atoms with Crippen LogP contribution in [0.25, 0.3) is 11.1 Å². The van der Waals surface area contributed by atoms with Crippen molar-refractivity contribution in [1.29, 1.82) is 5.26 Å². The molecule has 2 unspecified atom stereocenters. The highest BCUT2D eigenvalue weighted by Crippen LogP contribution is 2.41. The second kappa shape index (κ2) is 18.0. The molecule has 7 rings (SSSR count). The number of rotatable bonds is 10. The first-order valence-electron chi connectivity index (χ1n) is 19.4. The summed E-state index contributed by atoms with van der Waals surface area (Å²) in [6.07, 6.45) is -0.797. The van der Waals surface area contributed by atoms with Gasteiger partial charge in [0, 0.05) is 12.8 Å². The van der Waals surface area contributed by atoms with Gasteiger partial charge in [-0.3, -0.25) is 9.69 Å². The smallest absolute Gasteiger partial charge is 0.411 e. The van der Waals surface area contributed by atoms with Crippen LogP contribution >= 0.6 is 23.2 Å². The number of fused-ring (bicyclic) bond motifs is 2. The Balaban J connectivity index is 1.05. The lowest BCUT2D eigenvalue weighted by atomic mass is 9.92. The average molecular weight is 849 g/mol. The van der Waals surface area contributed by atoms with E-state index in [1.54, 1.807) is 45.0 Å². The zero-order valence-corrected chi connectivity index (χ0v) is 35.0. The molecule has 2 aliphatic heterocycles. The zero-order chi connectivity index (χ0) is 42.6. The van der Waals surface area contributed by atoms with Gasteiger partial charge in [-0.1, -0.05) is 77.8 Å². The molecule has 2 amide bonds. The summed E-state index contributed by atoms with van der Waals surface area (Å²) in [6.45, 7) is 5.89. The number of carbonyl (C=O) groups excluding carboxylic acids is 3. The quantitative estimate of drug-likeness (QED) is 0.137. The first-order valence-corrected chi connectivity index (χ1v) is 20.1. The topological polar surface area (TPSA) is 136 Å². The Kier molecular flexibility index (Phi) is 12.5. The Bertz CT molecular complexity index is 2430. The second-order valence-corrected chi connectivity index (χ2v) is 16.4. The Labute approximate surface area is 358 Å². The predicted molar refractivity (Wildman–Crippen MR) is 226 cm³/mol. The van der Waals surface area contributed by atoms with E-state index < -0.39 is 41.8 Å². The van der Waals surface area contributed by atoms with Crippen LogP contribution in [0.4, 0.5) is 4.79 Å². The maximum atomic E-state index is 14.2. The van der Waals surface area contributed by atoms with E-state index in [-0.39, 0.29) is 26.0 Å². The van der Waals surface area contributed by atoms with Crippen molar-refractivity contribution in [2.24, 2.45) is 0 Å². The summed E-state index contributed by atoms with van der Waals surface area (Å²) in [7, 11) is 1.26. The lowest BCUT2D eigenvalue weighted by molar-refractivity contribution is -0.145. The molecule has 11 nitrogen and oxygen atoms in total. The fourth-order valence-electron chi connectivity index (χ4n) is 7.05. The van der Waals surface area contributed by atoms with Gasteiger partial charge in [0.25, 0.3) is 0 Å². The molecular formula is C47H43Cl2N3O8. The number of amides is 2. The zero-order valence-electron chi connectivity index (χ0n) is 33.5. The van der Waals surface area contributed by atoms with Crippen LogP contribution in [-0.4, -0.2) is 54.3 Å². The molecule has 0 spiro atoms. The van der Waals surface area contributed by atoms with Crippen LogP contribution in [0, 0.1) is 11.3 Å². The van der Waals surface area contributed by atoms with Gasteiger partial charge in [0.15, 0.2) is 17.6 Å². The van der Waals surface area contributed by atoms with Gasteiger partial charge in [-0.05, 0) is 108 Å². The minimum atomic E-state index is -1.04. The van der Waals surface area contributed by atoms with Crippen LogP contribution in [0.3, 0.4) is 0 Å². The van der Waals surface area contributed by atoms with Crippen molar-refractivity contribution in [1.82, 2.24) is 10.2 Å². The first kappa shape index (κ1) is 41.9. The molecule has 0 aliphatic carbocycles. The van der Waals surface area contributed by atoms with E-state index >= 15 is 0 Å². The summed E-state index contributed by atoms with van der Waals surface area (Å²) in [4.78, 5) is 42.4. The lowest BCUT2D eigenvalue weighted by Gasteiger charge is -2.38. The van der Waals surface area contributed by atoms with Gasteiger partial charge in [0.1, 0.15) is 36.6 Å². The fourth-order valence-corrected chi connectivity index (χ4v) is 7.37. The molecule has 0 fully saturated rings.